The third kappa shape index (κ3) is 7.89. The number of sulfonamides is 1. The van der Waals surface area contributed by atoms with Gasteiger partial charge in [-0.05, 0) is 76.1 Å². The van der Waals surface area contributed by atoms with Crippen LogP contribution in [0.4, 0.5) is 10.1 Å². The Labute approximate surface area is 230 Å². The minimum Gasteiger partial charge on any atom is -0.350 e. The molecule has 39 heavy (non-hydrogen) atoms. The molecule has 0 aromatic heterocycles. The topological polar surface area (TPSA) is 86.8 Å². The van der Waals surface area contributed by atoms with E-state index in [1.54, 1.807) is 25.1 Å². The third-order valence-corrected chi connectivity index (χ3v) is 7.87. The van der Waals surface area contributed by atoms with Crippen molar-refractivity contribution in [2.24, 2.45) is 0 Å². The molecule has 2 amide bonds. The monoisotopic (exact) mass is 553 g/mol. The minimum absolute atomic E-state index is 0.00951. The van der Waals surface area contributed by atoms with Crippen molar-refractivity contribution in [1.82, 2.24) is 10.2 Å². The summed E-state index contributed by atoms with van der Waals surface area (Å²) in [6.45, 7) is 8.85. The predicted molar refractivity (Wildman–Crippen MR) is 151 cm³/mol. The van der Waals surface area contributed by atoms with Crippen LogP contribution in [0.25, 0.3) is 0 Å². The molecule has 1 N–H and O–H groups in total. The molecule has 0 unspecified atom stereocenters. The van der Waals surface area contributed by atoms with Crippen LogP contribution in [-0.4, -0.2) is 43.3 Å². The van der Waals surface area contributed by atoms with E-state index in [0.29, 0.717) is 6.42 Å². The van der Waals surface area contributed by atoms with Crippen molar-refractivity contribution in [2.75, 3.05) is 10.8 Å². The van der Waals surface area contributed by atoms with Crippen LogP contribution < -0.4 is 9.62 Å². The summed E-state index contributed by atoms with van der Waals surface area (Å²) in [6.07, 6.45) is 0.321. The van der Waals surface area contributed by atoms with Gasteiger partial charge in [-0.25, -0.2) is 12.8 Å². The van der Waals surface area contributed by atoms with E-state index < -0.39 is 39.9 Å². The second-order valence-electron chi connectivity index (χ2n) is 10.5. The molecule has 0 radical (unpaired) electrons. The molecule has 208 valence electrons. The molecule has 0 bridgehead atoms. The Morgan fingerprint density at radius 3 is 2.05 bits per heavy atom. The lowest BCUT2D eigenvalue weighted by molar-refractivity contribution is -0.141. The lowest BCUT2D eigenvalue weighted by atomic mass is 10.1. The van der Waals surface area contributed by atoms with Crippen molar-refractivity contribution in [3.8, 4) is 0 Å². The Morgan fingerprint density at radius 1 is 0.923 bits per heavy atom. The van der Waals surface area contributed by atoms with Crippen molar-refractivity contribution >= 4 is 27.5 Å². The highest BCUT2D eigenvalue weighted by Crippen LogP contribution is 2.25. The minimum atomic E-state index is -4.19. The van der Waals surface area contributed by atoms with Crippen molar-refractivity contribution in [1.29, 1.82) is 0 Å². The summed E-state index contributed by atoms with van der Waals surface area (Å²) >= 11 is 0. The van der Waals surface area contributed by atoms with Gasteiger partial charge in [0.1, 0.15) is 18.4 Å². The highest BCUT2D eigenvalue weighted by Gasteiger charge is 2.34. The summed E-state index contributed by atoms with van der Waals surface area (Å²) in [7, 11) is -4.19. The van der Waals surface area contributed by atoms with Crippen LogP contribution in [0.2, 0.25) is 0 Å². The van der Waals surface area contributed by atoms with Crippen molar-refractivity contribution in [2.45, 2.75) is 64.1 Å². The molecule has 0 aliphatic rings. The number of amides is 2. The zero-order valence-electron chi connectivity index (χ0n) is 23.0. The summed E-state index contributed by atoms with van der Waals surface area (Å²) in [5.74, 6) is -1.42. The number of nitrogens with zero attached hydrogens (tertiary/aromatic N) is 2. The predicted octanol–water partition coefficient (Wildman–Crippen LogP) is 5.05. The van der Waals surface area contributed by atoms with E-state index in [9.17, 15) is 22.4 Å². The Bertz CT molecular complexity index is 1370. The van der Waals surface area contributed by atoms with Gasteiger partial charge in [0.25, 0.3) is 10.0 Å². The summed E-state index contributed by atoms with van der Waals surface area (Å²) in [5.41, 5.74) is 1.46. The number of rotatable bonds is 10. The number of halogens is 1. The molecule has 0 aliphatic heterocycles. The first-order valence-corrected chi connectivity index (χ1v) is 14.3. The first-order chi connectivity index (χ1) is 18.3. The van der Waals surface area contributed by atoms with Gasteiger partial charge in [0.05, 0.1) is 10.6 Å². The average Bonchev–Trinajstić information content (AvgIpc) is 2.88. The molecule has 0 heterocycles. The molecule has 3 rings (SSSR count). The first-order valence-electron chi connectivity index (χ1n) is 12.8. The maximum Gasteiger partial charge on any atom is 0.264 e. The first kappa shape index (κ1) is 29.8. The number of anilines is 1. The number of benzene rings is 3. The Kier molecular flexibility index (Phi) is 9.50. The molecule has 0 spiro atoms. The largest absolute Gasteiger partial charge is 0.350 e. The van der Waals surface area contributed by atoms with Gasteiger partial charge in [-0.15, -0.1) is 0 Å². The number of aryl methyl sites for hydroxylation is 1. The van der Waals surface area contributed by atoms with Crippen LogP contribution in [0.15, 0.2) is 83.8 Å². The second-order valence-corrected chi connectivity index (χ2v) is 12.3. The normalized spacial score (nSPS) is 12.5. The van der Waals surface area contributed by atoms with Crippen molar-refractivity contribution in [3.63, 3.8) is 0 Å². The number of hydrogen-bond acceptors (Lipinski definition) is 4. The van der Waals surface area contributed by atoms with Gasteiger partial charge < -0.3 is 10.2 Å². The maximum absolute atomic E-state index is 14.0. The van der Waals surface area contributed by atoms with Gasteiger partial charge in [-0.1, -0.05) is 55.0 Å². The van der Waals surface area contributed by atoms with Crippen LogP contribution in [0.1, 0.15) is 45.2 Å². The zero-order chi connectivity index (χ0) is 28.8. The Morgan fingerprint density at radius 2 is 1.51 bits per heavy atom. The van der Waals surface area contributed by atoms with E-state index in [-0.39, 0.29) is 23.0 Å². The SMILES string of the molecule is CC[C@@H](C(=O)NC(C)(C)C)N(Cc1ccc(C)cc1)C(=O)CN(c1ccc(F)cc1)S(=O)(=O)c1ccccc1. The van der Waals surface area contributed by atoms with Crippen molar-refractivity contribution in [3.05, 3.63) is 95.8 Å². The molecule has 3 aromatic rings. The third-order valence-electron chi connectivity index (χ3n) is 6.08. The number of nitrogens with one attached hydrogen (secondary N) is 1. The van der Waals surface area contributed by atoms with E-state index in [0.717, 1.165) is 27.6 Å². The quantitative estimate of drug-likeness (QED) is 0.381. The van der Waals surface area contributed by atoms with Gasteiger partial charge in [-0.2, -0.15) is 0 Å². The summed E-state index contributed by atoms with van der Waals surface area (Å²) in [6, 6.07) is 19.4. The second kappa shape index (κ2) is 12.4. The highest BCUT2D eigenvalue weighted by atomic mass is 32.2. The van der Waals surface area contributed by atoms with Crippen LogP contribution in [0.3, 0.4) is 0 Å². The fourth-order valence-corrected chi connectivity index (χ4v) is 5.55. The molecule has 0 saturated carbocycles. The lowest BCUT2D eigenvalue weighted by Gasteiger charge is -2.34. The van der Waals surface area contributed by atoms with Crippen molar-refractivity contribution < 1.29 is 22.4 Å². The number of hydrogen-bond donors (Lipinski definition) is 1. The number of carbonyl (C=O) groups excluding carboxylic acids is 2. The van der Waals surface area contributed by atoms with Crippen LogP contribution in [0.5, 0.6) is 0 Å². The number of carbonyl (C=O) groups is 2. The molecule has 1 atom stereocenters. The van der Waals surface area contributed by atoms with Crippen LogP contribution >= 0.6 is 0 Å². The molecule has 9 heteroatoms. The molecule has 0 saturated heterocycles. The molecule has 3 aromatic carbocycles. The summed E-state index contributed by atoms with van der Waals surface area (Å²) < 4.78 is 42.1. The molecule has 7 nitrogen and oxygen atoms in total. The summed E-state index contributed by atoms with van der Waals surface area (Å²) in [4.78, 5) is 28.7. The van der Waals surface area contributed by atoms with E-state index in [4.69, 9.17) is 0 Å². The van der Waals surface area contributed by atoms with Gasteiger partial charge in [0.15, 0.2) is 0 Å². The van der Waals surface area contributed by atoms with Crippen LogP contribution in [-0.2, 0) is 26.2 Å². The van der Waals surface area contributed by atoms with Gasteiger partial charge in [-0.3, -0.25) is 13.9 Å². The van der Waals surface area contributed by atoms with Crippen LogP contribution in [0, 0.1) is 12.7 Å². The van der Waals surface area contributed by atoms with Gasteiger partial charge in [0, 0.05) is 12.1 Å². The lowest BCUT2D eigenvalue weighted by Crippen LogP contribution is -2.55. The standard InChI is InChI=1S/C30H36FN3O4S/c1-6-27(29(36)32-30(3,4)5)33(20-23-14-12-22(2)13-15-23)28(35)21-34(25-18-16-24(31)17-19-25)39(37,38)26-10-8-7-9-11-26/h7-19,27H,6,20-21H2,1-5H3,(H,32,36)/t27-/m0/s1. The Balaban J connectivity index is 2.05. The van der Waals surface area contributed by atoms with Gasteiger partial charge >= 0.3 is 0 Å². The molecular formula is C30H36FN3O4S. The summed E-state index contributed by atoms with van der Waals surface area (Å²) in [5, 5.41) is 2.94. The fourth-order valence-electron chi connectivity index (χ4n) is 4.12. The smallest absolute Gasteiger partial charge is 0.264 e. The highest BCUT2D eigenvalue weighted by molar-refractivity contribution is 7.92. The fraction of sp³-hybridized carbons (Fsp3) is 0.333. The average molecular weight is 554 g/mol. The van der Waals surface area contributed by atoms with Gasteiger partial charge in [0.2, 0.25) is 11.8 Å². The molecular weight excluding hydrogens is 517 g/mol. The van der Waals surface area contributed by atoms with E-state index >= 15 is 0 Å². The molecule has 0 fully saturated rings. The zero-order valence-corrected chi connectivity index (χ0v) is 23.8. The molecule has 0 aliphatic carbocycles. The van der Waals surface area contributed by atoms with E-state index in [1.165, 1.54) is 29.2 Å². The Hall–Kier alpha value is -3.72. The maximum atomic E-state index is 14.0. The van der Waals surface area contributed by atoms with E-state index in [1.807, 2.05) is 52.0 Å². The van der Waals surface area contributed by atoms with E-state index in [2.05, 4.69) is 5.32 Å².